The molecule has 10 rings (SSSR count). The first kappa shape index (κ1) is 32.7. The number of aromatic nitrogens is 2. The Morgan fingerprint density at radius 3 is 2.50 bits per heavy atom. The van der Waals surface area contributed by atoms with Gasteiger partial charge in [0.05, 0.1) is 26.2 Å². The van der Waals surface area contributed by atoms with Crippen molar-refractivity contribution in [2.45, 2.75) is 81.1 Å². The molecular formula is C37H36ClF3N8O2S. The zero-order valence-electron chi connectivity index (χ0n) is 28.2. The first-order valence-electron chi connectivity index (χ1n) is 18.2. The summed E-state index contributed by atoms with van der Waals surface area (Å²) >= 11 is 7.60. The van der Waals surface area contributed by atoms with Crippen LogP contribution < -0.4 is 20.7 Å². The Morgan fingerprint density at radius 2 is 1.81 bits per heavy atom. The van der Waals surface area contributed by atoms with E-state index >= 15 is 8.78 Å². The molecule has 0 radical (unpaired) electrons. The van der Waals surface area contributed by atoms with Crippen molar-refractivity contribution in [1.82, 2.24) is 25.1 Å². The molecule has 2 unspecified atom stereocenters. The van der Waals surface area contributed by atoms with Crippen LogP contribution in [0, 0.1) is 34.7 Å². The van der Waals surface area contributed by atoms with Crippen LogP contribution in [0.1, 0.15) is 56.9 Å². The minimum atomic E-state index is -0.944. The summed E-state index contributed by atoms with van der Waals surface area (Å²) in [4.78, 5) is 29.3. The molecule has 7 heterocycles. The van der Waals surface area contributed by atoms with E-state index in [1.54, 1.807) is 0 Å². The fourth-order valence-corrected chi connectivity index (χ4v) is 11.0. The smallest absolute Gasteiger partial charge is 0.319 e. The molecule has 5 aliphatic heterocycles. The number of nitrogen functional groups attached to an aromatic ring is 1. The first-order valence-corrected chi connectivity index (χ1v) is 19.4. The monoisotopic (exact) mass is 748 g/mol. The van der Waals surface area contributed by atoms with Crippen molar-refractivity contribution < 1.29 is 22.7 Å². The van der Waals surface area contributed by atoms with E-state index in [9.17, 15) is 14.4 Å². The standard InChI is InChI=1S/C37H36ClF3N8O2S/c38-26-24(20-7-8-22(39)32-23(20)21(13-42)33(43)52-32)28(41)30-25(27(26)40)34(46-36(45-30)51-16-37-9-1-11-48(37)12-2-10-37)47-14-18-5-6-19(15-47)49(18)35(50)31-29(44-31)17-3-4-17/h7-8,17-19,29,31,44H,1-6,9-12,14-16,43H2/t18?,19?,29-,31+/m0/s1. The Bertz CT molecular complexity index is 2220. The second kappa shape index (κ2) is 11.8. The van der Waals surface area contributed by atoms with E-state index in [-0.39, 0.29) is 90.1 Å². The lowest BCUT2D eigenvalue weighted by molar-refractivity contribution is -0.134. The normalized spacial score (nSPS) is 26.4. The van der Waals surface area contributed by atoms with Crippen LogP contribution in [0.3, 0.4) is 0 Å². The van der Waals surface area contributed by atoms with Crippen LogP contribution in [-0.4, -0.2) is 88.2 Å². The number of rotatable bonds is 7. The van der Waals surface area contributed by atoms with Gasteiger partial charge in [0.1, 0.15) is 40.9 Å². The number of thiophene rings is 1. The molecule has 6 aliphatic rings. The highest BCUT2D eigenvalue weighted by Crippen LogP contribution is 2.48. The number of hydrogen-bond acceptors (Lipinski definition) is 10. The lowest BCUT2D eigenvalue weighted by Crippen LogP contribution is -2.57. The fourth-order valence-electron chi connectivity index (χ4n) is 9.76. The number of hydrogen-bond donors (Lipinski definition) is 2. The van der Waals surface area contributed by atoms with Crippen LogP contribution in [0.4, 0.5) is 24.0 Å². The summed E-state index contributed by atoms with van der Waals surface area (Å²) in [5.74, 6) is -1.66. The number of amides is 1. The minimum Gasteiger partial charge on any atom is -0.461 e. The van der Waals surface area contributed by atoms with E-state index < -0.39 is 22.5 Å². The summed E-state index contributed by atoms with van der Waals surface area (Å²) in [6, 6.07) is 4.20. The lowest BCUT2D eigenvalue weighted by Gasteiger charge is -2.42. The minimum absolute atomic E-state index is 0.0293. The topological polar surface area (TPSA) is 134 Å². The Labute approximate surface area is 306 Å². The predicted molar refractivity (Wildman–Crippen MR) is 192 cm³/mol. The van der Waals surface area contributed by atoms with Crippen LogP contribution in [0.2, 0.25) is 5.02 Å². The van der Waals surface area contributed by atoms with Gasteiger partial charge in [0, 0.05) is 42.2 Å². The first-order chi connectivity index (χ1) is 25.2. The molecule has 15 heteroatoms. The third-order valence-corrected chi connectivity index (χ3v) is 13.8. The third-order valence-electron chi connectivity index (χ3n) is 12.5. The van der Waals surface area contributed by atoms with Gasteiger partial charge in [-0.3, -0.25) is 15.0 Å². The quantitative estimate of drug-likeness (QED) is 0.173. The molecule has 0 spiro atoms. The Hall–Kier alpha value is -3.90. The predicted octanol–water partition coefficient (Wildman–Crippen LogP) is 5.97. The number of halogens is 4. The third kappa shape index (κ3) is 4.85. The Kier molecular flexibility index (Phi) is 7.43. The van der Waals surface area contributed by atoms with Crippen molar-refractivity contribution in [2.75, 3.05) is 43.4 Å². The molecule has 1 amide bonds. The molecule has 3 N–H and O–H groups in total. The number of anilines is 2. The molecule has 2 bridgehead atoms. The number of carbonyl (C=O) groups is 1. The molecule has 6 fully saturated rings. The molecule has 10 nitrogen and oxygen atoms in total. The number of benzene rings is 2. The van der Waals surface area contributed by atoms with Crippen molar-refractivity contribution in [3.63, 3.8) is 0 Å². The van der Waals surface area contributed by atoms with Crippen molar-refractivity contribution in [3.8, 4) is 23.2 Å². The molecule has 52 heavy (non-hydrogen) atoms. The van der Waals surface area contributed by atoms with Gasteiger partial charge >= 0.3 is 6.01 Å². The van der Waals surface area contributed by atoms with E-state index in [2.05, 4.69) is 15.2 Å². The molecule has 2 aromatic carbocycles. The maximum atomic E-state index is 17.2. The fraction of sp³-hybridized carbons (Fsp3) is 0.514. The molecule has 5 saturated heterocycles. The summed E-state index contributed by atoms with van der Waals surface area (Å²) in [5.41, 5.74) is 5.23. The number of nitrogens with one attached hydrogen (secondary N) is 1. The van der Waals surface area contributed by atoms with E-state index in [1.807, 2.05) is 15.9 Å². The summed E-state index contributed by atoms with van der Waals surface area (Å²) in [7, 11) is 0. The van der Waals surface area contributed by atoms with Gasteiger partial charge in [0.25, 0.3) is 0 Å². The van der Waals surface area contributed by atoms with E-state index in [0.717, 1.165) is 81.9 Å². The van der Waals surface area contributed by atoms with Gasteiger partial charge in [-0.1, -0.05) is 17.7 Å². The van der Waals surface area contributed by atoms with Crippen molar-refractivity contribution in [1.29, 1.82) is 5.26 Å². The number of ether oxygens (including phenoxy) is 1. The van der Waals surface area contributed by atoms with Gasteiger partial charge in [0.15, 0.2) is 11.6 Å². The molecule has 4 atom stereocenters. The number of nitriles is 1. The summed E-state index contributed by atoms with van der Waals surface area (Å²) in [6.45, 7) is 3.05. The highest BCUT2D eigenvalue weighted by Gasteiger charge is 2.55. The summed E-state index contributed by atoms with van der Waals surface area (Å²) < 4.78 is 55.5. The summed E-state index contributed by atoms with van der Waals surface area (Å²) in [6.07, 6.45) is 7.97. The average molecular weight is 749 g/mol. The van der Waals surface area contributed by atoms with Crippen LogP contribution in [0.5, 0.6) is 6.01 Å². The molecule has 1 aliphatic carbocycles. The molecule has 2 aromatic heterocycles. The lowest BCUT2D eigenvalue weighted by atomic mass is 9.95. The zero-order chi connectivity index (χ0) is 35.6. The van der Waals surface area contributed by atoms with E-state index in [4.69, 9.17) is 27.1 Å². The van der Waals surface area contributed by atoms with E-state index in [1.165, 1.54) is 6.07 Å². The van der Waals surface area contributed by atoms with Crippen LogP contribution >= 0.6 is 22.9 Å². The zero-order valence-corrected chi connectivity index (χ0v) is 29.8. The molecule has 270 valence electrons. The van der Waals surface area contributed by atoms with Crippen molar-refractivity contribution >= 4 is 60.7 Å². The number of carbonyl (C=O) groups excluding carboxylic acids is 1. The van der Waals surface area contributed by atoms with Gasteiger partial charge in [0.2, 0.25) is 5.91 Å². The van der Waals surface area contributed by atoms with E-state index in [0.29, 0.717) is 25.6 Å². The Morgan fingerprint density at radius 1 is 1.08 bits per heavy atom. The molecule has 1 saturated carbocycles. The van der Waals surface area contributed by atoms with Crippen molar-refractivity contribution in [2.24, 2.45) is 5.92 Å². The van der Waals surface area contributed by atoms with Gasteiger partial charge < -0.3 is 20.3 Å². The average Bonchev–Trinajstić information content (AvgIpc) is 4.00. The second-order valence-electron chi connectivity index (χ2n) is 15.4. The number of nitrogens with zero attached hydrogens (tertiary/aromatic N) is 6. The number of fused-ring (bicyclic) bond motifs is 5. The maximum Gasteiger partial charge on any atom is 0.319 e. The largest absolute Gasteiger partial charge is 0.461 e. The molecular weight excluding hydrogens is 713 g/mol. The maximum absolute atomic E-state index is 17.2. The highest BCUT2D eigenvalue weighted by atomic mass is 35.5. The van der Waals surface area contributed by atoms with Crippen LogP contribution in [-0.2, 0) is 4.79 Å². The molecule has 4 aromatic rings. The Balaban J connectivity index is 1.09. The summed E-state index contributed by atoms with van der Waals surface area (Å²) in [5, 5.41) is 12.7. The van der Waals surface area contributed by atoms with Crippen LogP contribution in [0.15, 0.2) is 12.1 Å². The van der Waals surface area contributed by atoms with Gasteiger partial charge in [-0.05, 0) is 82.0 Å². The van der Waals surface area contributed by atoms with Gasteiger partial charge in [-0.15, -0.1) is 11.3 Å². The highest BCUT2D eigenvalue weighted by molar-refractivity contribution is 7.23. The van der Waals surface area contributed by atoms with Crippen molar-refractivity contribution in [3.05, 3.63) is 40.2 Å². The number of nitrogens with two attached hydrogens (primary N) is 1. The van der Waals surface area contributed by atoms with Crippen LogP contribution in [0.25, 0.3) is 32.1 Å². The van der Waals surface area contributed by atoms with Gasteiger partial charge in [-0.25, -0.2) is 13.2 Å². The SMILES string of the molecule is N#Cc1c(N)sc2c(F)ccc(-c3c(Cl)c(F)c4c(N5CC6CCC(C5)N6C(=O)[C@@H]5N[C@H]5C5CC5)nc(OCC56CCCN5CCC6)nc4c3F)c12. The second-order valence-corrected chi connectivity index (χ2v) is 16.8. The number of piperazine rings is 1. The van der Waals surface area contributed by atoms with Gasteiger partial charge in [-0.2, -0.15) is 15.2 Å².